The molecule has 0 unspecified atom stereocenters. The van der Waals surface area contributed by atoms with Gasteiger partial charge in [-0.05, 0) is 37.6 Å². The summed E-state index contributed by atoms with van der Waals surface area (Å²) in [6.45, 7) is 3.79. The third-order valence-corrected chi connectivity index (χ3v) is 2.67. The van der Waals surface area contributed by atoms with Crippen molar-refractivity contribution >= 4 is 17.4 Å². The van der Waals surface area contributed by atoms with Gasteiger partial charge in [-0.2, -0.15) is 0 Å². The van der Waals surface area contributed by atoms with Crippen LogP contribution in [0.5, 0.6) is 0 Å². The molecule has 0 saturated carbocycles. The molecule has 94 valence electrons. The molecule has 1 N–H and O–H groups in total. The molecule has 4 nitrogen and oxygen atoms in total. The first-order valence-corrected chi connectivity index (χ1v) is 5.81. The number of hydrogen-bond donors (Lipinski definition) is 1. The maximum atomic E-state index is 12.8. The van der Waals surface area contributed by atoms with E-state index in [-0.39, 0.29) is 17.1 Å². The molecule has 0 aromatic carbocycles. The number of pyridine rings is 1. The topological polar surface area (TPSA) is 50.7 Å². The van der Waals surface area contributed by atoms with Crippen LogP contribution in [-0.2, 0) is 0 Å². The summed E-state index contributed by atoms with van der Waals surface area (Å²) in [5.74, 6) is 0.292. The highest BCUT2D eigenvalue weighted by atomic mass is 35.5. The molecule has 0 saturated heterocycles. The number of nitrogens with one attached hydrogen (secondary N) is 1. The fraction of sp³-hybridized carbons (Fsp3) is 0.250. The van der Waals surface area contributed by atoms with E-state index >= 15 is 0 Å². The molecule has 0 spiro atoms. The first kappa shape index (κ1) is 12.7. The Hall–Kier alpha value is -1.75. The van der Waals surface area contributed by atoms with E-state index in [0.29, 0.717) is 5.82 Å². The van der Waals surface area contributed by atoms with Crippen LogP contribution in [0.1, 0.15) is 24.2 Å². The summed E-state index contributed by atoms with van der Waals surface area (Å²) in [6, 6.07) is 2.90. The van der Waals surface area contributed by atoms with Crippen molar-refractivity contribution in [2.75, 3.05) is 5.32 Å². The zero-order chi connectivity index (χ0) is 13.1. The number of anilines is 1. The predicted molar refractivity (Wildman–Crippen MR) is 68.0 cm³/mol. The molecule has 0 aliphatic heterocycles. The second kappa shape index (κ2) is 5.27. The largest absolute Gasteiger partial charge is 0.362 e. The molecule has 18 heavy (non-hydrogen) atoms. The zero-order valence-corrected chi connectivity index (χ0v) is 10.7. The van der Waals surface area contributed by atoms with Gasteiger partial charge in [-0.3, -0.25) is 4.98 Å². The van der Waals surface area contributed by atoms with Crippen LogP contribution in [0.3, 0.4) is 0 Å². The lowest BCUT2D eigenvalue weighted by Crippen LogP contribution is -2.11. The molecule has 2 heterocycles. The molecule has 2 aromatic rings. The van der Waals surface area contributed by atoms with Gasteiger partial charge in [0.2, 0.25) is 5.28 Å². The molecule has 0 fully saturated rings. The van der Waals surface area contributed by atoms with E-state index in [0.717, 1.165) is 11.3 Å². The van der Waals surface area contributed by atoms with Gasteiger partial charge >= 0.3 is 0 Å². The normalized spacial score (nSPS) is 12.2. The fourth-order valence-corrected chi connectivity index (χ4v) is 1.62. The van der Waals surface area contributed by atoms with Crippen LogP contribution in [0.4, 0.5) is 10.2 Å². The Bertz CT molecular complexity index is 544. The van der Waals surface area contributed by atoms with E-state index in [9.17, 15) is 4.39 Å². The van der Waals surface area contributed by atoms with Gasteiger partial charge in [0.15, 0.2) is 0 Å². The van der Waals surface area contributed by atoms with Crippen molar-refractivity contribution < 1.29 is 4.39 Å². The molecular weight excluding hydrogens is 255 g/mol. The van der Waals surface area contributed by atoms with Gasteiger partial charge in [-0.15, -0.1) is 0 Å². The van der Waals surface area contributed by atoms with Crippen molar-refractivity contribution in [3.05, 3.63) is 46.9 Å². The van der Waals surface area contributed by atoms with Crippen molar-refractivity contribution in [1.29, 1.82) is 0 Å². The molecule has 2 rings (SSSR count). The number of rotatable bonds is 3. The lowest BCUT2D eigenvalue weighted by molar-refractivity contribution is 0.617. The first-order chi connectivity index (χ1) is 8.56. The van der Waals surface area contributed by atoms with E-state index in [1.54, 1.807) is 12.3 Å². The van der Waals surface area contributed by atoms with E-state index in [2.05, 4.69) is 20.3 Å². The van der Waals surface area contributed by atoms with Gasteiger partial charge < -0.3 is 5.32 Å². The molecule has 0 aliphatic carbocycles. The van der Waals surface area contributed by atoms with Gasteiger partial charge in [0.1, 0.15) is 11.6 Å². The Morgan fingerprint density at radius 2 is 2.06 bits per heavy atom. The van der Waals surface area contributed by atoms with Crippen molar-refractivity contribution in [2.45, 2.75) is 19.9 Å². The number of nitrogens with zero attached hydrogens (tertiary/aromatic N) is 3. The minimum Gasteiger partial charge on any atom is -0.362 e. The highest BCUT2D eigenvalue weighted by Gasteiger charge is 2.10. The fourth-order valence-electron chi connectivity index (χ4n) is 1.49. The molecule has 0 radical (unpaired) electrons. The molecule has 0 amide bonds. The summed E-state index contributed by atoms with van der Waals surface area (Å²) in [4.78, 5) is 12.0. The van der Waals surface area contributed by atoms with Crippen LogP contribution in [0.15, 0.2) is 24.5 Å². The molecular formula is C12H12ClFN4. The molecule has 0 bridgehead atoms. The van der Waals surface area contributed by atoms with Crippen molar-refractivity contribution in [3.63, 3.8) is 0 Å². The number of hydrogen-bond acceptors (Lipinski definition) is 4. The number of aryl methyl sites for hydroxylation is 1. The van der Waals surface area contributed by atoms with Crippen LogP contribution >= 0.6 is 11.6 Å². The molecule has 1 atom stereocenters. The number of halogens is 2. The van der Waals surface area contributed by atoms with Crippen LogP contribution < -0.4 is 5.32 Å². The summed E-state index contributed by atoms with van der Waals surface area (Å²) >= 11 is 5.74. The van der Waals surface area contributed by atoms with E-state index in [1.165, 1.54) is 12.3 Å². The van der Waals surface area contributed by atoms with Gasteiger partial charge in [0, 0.05) is 11.8 Å². The van der Waals surface area contributed by atoms with Gasteiger partial charge in [-0.1, -0.05) is 0 Å². The zero-order valence-electron chi connectivity index (χ0n) is 9.98. The lowest BCUT2D eigenvalue weighted by Gasteiger charge is -2.15. The second-order valence-electron chi connectivity index (χ2n) is 3.94. The van der Waals surface area contributed by atoms with Crippen molar-refractivity contribution in [2.24, 2.45) is 0 Å². The molecule has 0 aliphatic rings. The van der Waals surface area contributed by atoms with E-state index in [1.807, 2.05) is 13.8 Å². The maximum absolute atomic E-state index is 12.8. The summed E-state index contributed by atoms with van der Waals surface area (Å²) in [5.41, 5.74) is 1.61. The Kier molecular flexibility index (Phi) is 3.72. The van der Waals surface area contributed by atoms with Crippen LogP contribution in [0.25, 0.3) is 0 Å². The standard InChI is InChI=1S/C12H12ClFN4/c1-7-5-16-12(13)18-11(7)17-8(2)10-4-3-9(14)6-15-10/h3-6,8H,1-2H3,(H,16,17,18)/t8-/m0/s1. The minimum atomic E-state index is -0.354. The first-order valence-electron chi connectivity index (χ1n) is 5.43. The maximum Gasteiger partial charge on any atom is 0.224 e. The summed E-state index contributed by atoms with van der Waals surface area (Å²) in [7, 11) is 0. The van der Waals surface area contributed by atoms with Crippen LogP contribution in [-0.4, -0.2) is 15.0 Å². The third kappa shape index (κ3) is 2.92. The predicted octanol–water partition coefficient (Wildman–Crippen LogP) is 3.15. The van der Waals surface area contributed by atoms with Crippen LogP contribution in [0.2, 0.25) is 5.28 Å². The smallest absolute Gasteiger partial charge is 0.224 e. The summed E-state index contributed by atoms with van der Waals surface area (Å²) in [5, 5.41) is 3.35. The quantitative estimate of drug-likeness (QED) is 0.867. The highest BCUT2D eigenvalue weighted by Crippen LogP contribution is 2.19. The second-order valence-corrected chi connectivity index (χ2v) is 4.28. The number of aromatic nitrogens is 3. The summed E-state index contributed by atoms with van der Waals surface area (Å²) < 4.78 is 12.8. The van der Waals surface area contributed by atoms with Gasteiger partial charge in [0.05, 0.1) is 17.9 Å². The SMILES string of the molecule is Cc1cnc(Cl)nc1N[C@@H](C)c1ccc(F)cn1. The highest BCUT2D eigenvalue weighted by molar-refractivity contribution is 6.28. The van der Waals surface area contributed by atoms with Crippen molar-refractivity contribution in [1.82, 2.24) is 15.0 Å². The van der Waals surface area contributed by atoms with Gasteiger partial charge in [-0.25, -0.2) is 14.4 Å². The van der Waals surface area contributed by atoms with E-state index in [4.69, 9.17) is 11.6 Å². The average molecular weight is 267 g/mol. The Balaban J connectivity index is 2.18. The summed E-state index contributed by atoms with van der Waals surface area (Å²) in [6.07, 6.45) is 2.83. The average Bonchev–Trinajstić information content (AvgIpc) is 2.34. The monoisotopic (exact) mass is 266 g/mol. The lowest BCUT2D eigenvalue weighted by atomic mass is 10.2. The molecule has 6 heteroatoms. The minimum absolute atomic E-state index is 0.102. The van der Waals surface area contributed by atoms with Crippen molar-refractivity contribution in [3.8, 4) is 0 Å². The Morgan fingerprint density at radius 1 is 1.28 bits per heavy atom. The molecule has 2 aromatic heterocycles. The third-order valence-electron chi connectivity index (χ3n) is 2.49. The van der Waals surface area contributed by atoms with Crippen LogP contribution in [0, 0.1) is 12.7 Å². The van der Waals surface area contributed by atoms with E-state index < -0.39 is 0 Å². The Morgan fingerprint density at radius 3 is 2.72 bits per heavy atom. The Labute approximate surface area is 109 Å². The van der Waals surface area contributed by atoms with Gasteiger partial charge in [0.25, 0.3) is 0 Å².